The van der Waals surface area contributed by atoms with Crippen molar-refractivity contribution in [3.05, 3.63) is 34.9 Å². The van der Waals surface area contributed by atoms with Gasteiger partial charge in [-0.15, -0.1) is 0 Å². The Balaban J connectivity index is 1.76. The van der Waals surface area contributed by atoms with E-state index >= 15 is 0 Å². The molecule has 0 N–H and O–H groups in total. The highest BCUT2D eigenvalue weighted by Crippen LogP contribution is 2.21. The molecular weight excluding hydrogens is 336 g/mol. The summed E-state index contributed by atoms with van der Waals surface area (Å²) in [4.78, 5) is 28.6. The van der Waals surface area contributed by atoms with E-state index in [-0.39, 0.29) is 17.7 Å². The van der Waals surface area contributed by atoms with Crippen molar-refractivity contribution in [1.29, 1.82) is 0 Å². The monoisotopic (exact) mass is 364 g/mol. The topological polar surface area (TPSA) is 40.6 Å². The Morgan fingerprint density at radius 2 is 1.92 bits per heavy atom. The number of likely N-dealkylation sites (tertiary alicyclic amines) is 1. The molecule has 0 saturated carbocycles. The van der Waals surface area contributed by atoms with Gasteiger partial charge in [0.15, 0.2) is 0 Å². The van der Waals surface area contributed by atoms with E-state index in [2.05, 4.69) is 6.92 Å². The van der Waals surface area contributed by atoms with Crippen molar-refractivity contribution in [2.45, 2.75) is 45.4 Å². The highest BCUT2D eigenvalue weighted by Gasteiger charge is 2.28. The summed E-state index contributed by atoms with van der Waals surface area (Å²) in [6.45, 7) is 4.32. The van der Waals surface area contributed by atoms with Gasteiger partial charge in [-0.3, -0.25) is 9.59 Å². The lowest BCUT2D eigenvalue weighted by molar-refractivity contribution is -0.139. The summed E-state index contributed by atoms with van der Waals surface area (Å²) in [5.41, 5.74) is 1.01. The van der Waals surface area contributed by atoms with Gasteiger partial charge in [0.05, 0.1) is 0 Å². The molecule has 25 heavy (non-hydrogen) atoms. The van der Waals surface area contributed by atoms with Gasteiger partial charge >= 0.3 is 0 Å². The molecule has 138 valence electrons. The Morgan fingerprint density at radius 3 is 2.56 bits per heavy atom. The second-order valence-corrected chi connectivity index (χ2v) is 7.27. The standard InChI is InChI=1S/C20H29ClN2O2/c1-3-4-13-22(2)20(25)17-11-14-23(15-12-17)19(24)10-9-16-7-5-6-8-18(16)21/h5-8,17H,3-4,9-15H2,1-2H3. The van der Waals surface area contributed by atoms with E-state index in [4.69, 9.17) is 11.6 Å². The van der Waals surface area contributed by atoms with Crippen molar-refractivity contribution in [3.63, 3.8) is 0 Å². The summed E-state index contributed by atoms with van der Waals surface area (Å²) in [5.74, 6) is 0.455. The normalized spacial score (nSPS) is 15.2. The first kappa shape index (κ1) is 19.8. The molecule has 0 aromatic heterocycles. The molecule has 0 unspecified atom stereocenters. The molecule has 1 heterocycles. The number of amides is 2. The molecule has 2 amide bonds. The first-order chi connectivity index (χ1) is 12.0. The van der Waals surface area contributed by atoms with Crippen LogP contribution >= 0.6 is 11.6 Å². The number of unbranched alkanes of at least 4 members (excludes halogenated alkanes) is 1. The molecule has 0 atom stereocenters. The van der Waals surface area contributed by atoms with Gasteiger partial charge in [0, 0.05) is 44.0 Å². The van der Waals surface area contributed by atoms with Crippen LogP contribution in [0, 0.1) is 5.92 Å². The zero-order valence-corrected chi connectivity index (χ0v) is 16.1. The van der Waals surface area contributed by atoms with Gasteiger partial charge in [-0.05, 0) is 37.3 Å². The van der Waals surface area contributed by atoms with E-state index in [1.807, 2.05) is 41.1 Å². The van der Waals surface area contributed by atoms with Crippen LogP contribution in [0.1, 0.15) is 44.6 Å². The van der Waals surface area contributed by atoms with E-state index in [1.165, 1.54) is 0 Å². The van der Waals surface area contributed by atoms with Crippen molar-refractivity contribution < 1.29 is 9.59 Å². The lowest BCUT2D eigenvalue weighted by Gasteiger charge is -2.33. The van der Waals surface area contributed by atoms with Crippen LogP contribution in [-0.2, 0) is 16.0 Å². The lowest BCUT2D eigenvalue weighted by Crippen LogP contribution is -2.43. The Labute approximate surface area is 156 Å². The van der Waals surface area contributed by atoms with Crippen molar-refractivity contribution >= 4 is 23.4 Å². The van der Waals surface area contributed by atoms with Crippen LogP contribution in [0.4, 0.5) is 0 Å². The fraction of sp³-hybridized carbons (Fsp3) is 0.600. The minimum atomic E-state index is 0.0643. The summed E-state index contributed by atoms with van der Waals surface area (Å²) in [6, 6.07) is 7.66. The summed E-state index contributed by atoms with van der Waals surface area (Å²) >= 11 is 6.15. The molecule has 0 spiro atoms. The second-order valence-electron chi connectivity index (χ2n) is 6.86. The maximum Gasteiger partial charge on any atom is 0.225 e. The number of carbonyl (C=O) groups is 2. The molecule has 0 aliphatic carbocycles. The van der Waals surface area contributed by atoms with Crippen molar-refractivity contribution in [1.82, 2.24) is 9.80 Å². The number of hydrogen-bond donors (Lipinski definition) is 0. The van der Waals surface area contributed by atoms with Gasteiger partial charge in [0.2, 0.25) is 11.8 Å². The van der Waals surface area contributed by atoms with Crippen molar-refractivity contribution in [2.24, 2.45) is 5.92 Å². The summed E-state index contributed by atoms with van der Waals surface area (Å²) in [5, 5.41) is 0.717. The molecule has 1 aromatic rings. The summed E-state index contributed by atoms with van der Waals surface area (Å²) < 4.78 is 0. The van der Waals surface area contributed by atoms with E-state index < -0.39 is 0 Å². The van der Waals surface area contributed by atoms with Crippen molar-refractivity contribution in [2.75, 3.05) is 26.7 Å². The van der Waals surface area contributed by atoms with Crippen LogP contribution in [0.25, 0.3) is 0 Å². The maximum atomic E-state index is 12.4. The van der Waals surface area contributed by atoms with Crippen LogP contribution in [0.15, 0.2) is 24.3 Å². The van der Waals surface area contributed by atoms with Gasteiger partial charge in [-0.1, -0.05) is 43.1 Å². The van der Waals surface area contributed by atoms with Crippen LogP contribution in [0.2, 0.25) is 5.02 Å². The molecule has 1 fully saturated rings. The predicted molar refractivity (Wildman–Crippen MR) is 102 cm³/mol. The summed E-state index contributed by atoms with van der Waals surface area (Å²) in [7, 11) is 1.89. The molecule has 1 aromatic carbocycles. The first-order valence-electron chi connectivity index (χ1n) is 9.29. The van der Waals surface area contributed by atoms with Gasteiger partial charge in [0.1, 0.15) is 0 Å². The average Bonchev–Trinajstić information content (AvgIpc) is 2.64. The van der Waals surface area contributed by atoms with Crippen LogP contribution < -0.4 is 0 Å². The number of carbonyl (C=O) groups excluding carboxylic acids is 2. The van der Waals surface area contributed by atoms with Gasteiger partial charge in [-0.25, -0.2) is 0 Å². The molecule has 1 saturated heterocycles. The van der Waals surface area contributed by atoms with E-state index in [0.29, 0.717) is 25.9 Å². The van der Waals surface area contributed by atoms with Gasteiger partial charge in [-0.2, -0.15) is 0 Å². The number of rotatable bonds is 7. The van der Waals surface area contributed by atoms with Crippen molar-refractivity contribution in [3.8, 4) is 0 Å². The Morgan fingerprint density at radius 1 is 1.24 bits per heavy atom. The first-order valence-corrected chi connectivity index (χ1v) is 9.67. The zero-order chi connectivity index (χ0) is 18.2. The largest absolute Gasteiger partial charge is 0.346 e. The molecule has 1 aliphatic rings. The fourth-order valence-corrected chi connectivity index (χ4v) is 3.52. The Hall–Kier alpha value is -1.55. The van der Waals surface area contributed by atoms with E-state index in [9.17, 15) is 9.59 Å². The van der Waals surface area contributed by atoms with Gasteiger partial charge in [0.25, 0.3) is 0 Å². The SMILES string of the molecule is CCCCN(C)C(=O)C1CCN(C(=O)CCc2ccccc2Cl)CC1. The third-order valence-electron chi connectivity index (χ3n) is 4.99. The second kappa shape index (κ2) is 9.81. The van der Waals surface area contributed by atoms with Crippen LogP contribution in [-0.4, -0.2) is 48.3 Å². The quantitative estimate of drug-likeness (QED) is 0.738. The lowest BCUT2D eigenvalue weighted by atomic mass is 9.95. The van der Waals surface area contributed by atoms with E-state index in [1.54, 1.807) is 0 Å². The number of hydrogen-bond acceptors (Lipinski definition) is 2. The minimum absolute atomic E-state index is 0.0643. The zero-order valence-electron chi connectivity index (χ0n) is 15.3. The number of benzene rings is 1. The minimum Gasteiger partial charge on any atom is -0.346 e. The number of nitrogens with zero attached hydrogens (tertiary/aromatic N) is 2. The fourth-order valence-electron chi connectivity index (χ4n) is 3.29. The predicted octanol–water partition coefficient (Wildman–Crippen LogP) is 3.77. The third kappa shape index (κ3) is 5.74. The molecule has 2 rings (SSSR count). The highest BCUT2D eigenvalue weighted by atomic mass is 35.5. The van der Waals surface area contributed by atoms with Gasteiger partial charge < -0.3 is 9.80 Å². The average molecular weight is 365 g/mol. The molecule has 0 radical (unpaired) electrons. The smallest absolute Gasteiger partial charge is 0.225 e. The Bertz CT molecular complexity index is 583. The number of halogens is 1. The highest BCUT2D eigenvalue weighted by molar-refractivity contribution is 6.31. The van der Waals surface area contributed by atoms with Crippen LogP contribution in [0.3, 0.4) is 0 Å². The third-order valence-corrected chi connectivity index (χ3v) is 5.35. The van der Waals surface area contributed by atoms with E-state index in [0.717, 1.165) is 42.8 Å². The molecule has 0 bridgehead atoms. The molecule has 1 aliphatic heterocycles. The Kier molecular flexibility index (Phi) is 7.76. The molecule has 4 nitrogen and oxygen atoms in total. The summed E-state index contributed by atoms with van der Waals surface area (Å²) in [6.07, 6.45) is 4.81. The number of piperidine rings is 1. The maximum absolute atomic E-state index is 12.4. The van der Waals surface area contributed by atoms with Crippen LogP contribution in [0.5, 0.6) is 0 Å². The molecule has 5 heteroatoms. The number of aryl methyl sites for hydroxylation is 1. The molecular formula is C20H29ClN2O2.